The highest BCUT2D eigenvalue weighted by atomic mass is 79.9. The lowest BCUT2D eigenvalue weighted by Gasteiger charge is -1.99. The molecule has 0 aliphatic carbocycles. The van der Waals surface area contributed by atoms with Crippen molar-refractivity contribution in [3.05, 3.63) is 65.2 Å². The van der Waals surface area contributed by atoms with Gasteiger partial charge in [-0.25, -0.2) is 0 Å². The Bertz CT molecular complexity index is 358. The molecule has 0 nitrogen and oxygen atoms in total. The van der Waals surface area contributed by atoms with Crippen LogP contribution in [-0.4, -0.2) is 0 Å². The van der Waals surface area contributed by atoms with Crippen LogP contribution in [-0.2, 0) is 0 Å². The quantitative estimate of drug-likeness (QED) is 0.689. The van der Waals surface area contributed by atoms with Crippen LogP contribution in [0.5, 0.6) is 0 Å². The first-order valence-corrected chi connectivity index (χ1v) is 5.27. The predicted octanol–water partition coefficient (Wildman–Crippen LogP) is 4.55. The molecule has 72 valence electrons. The van der Waals surface area contributed by atoms with Gasteiger partial charge in [0, 0.05) is 4.48 Å². The van der Waals surface area contributed by atoms with Crippen LogP contribution >= 0.6 is 15.9 Å². The number of halogens is 1. The fourth-order valence-corrected chi connectivity index (χ4v) is 1.65. The van der Waals surface area contributed by atoms with Gasteiger partial charge in [0.05, 0.1) is 0 Å². The van der Waals surface area contributed by atoms with E-state index in [1.807, 2.05) is 43.4 Å². The molecule has 0 fully saturated rings. The molecule has 14 heavy (non-hydrogen) atoms. The third kappa shape index (κ3) is 3.35. The molecule has 0 spiro atoms. The summed E-state index contributed by atoms with van der Waals surface area (Å²) in [6.45, 7) is 5.99. The minimum Gasteiger partial charge on any atom is -0.0911 e. The number of hydrogen-bond donors (Lipinski definition) is 0. The van der Waals surface area contributed by atoms with Crippen LogP contribution in [0.15, 0.2) is 59.6 Å². The zero-order valence-electron chi connectivity index (χ0n) is 8.20. The lowest BCUT2D eigenvalue weighted by molar-refractivity contribution is 1.62. The minimum absolute atomic E-state index is 1.01. The van der Waals surface area contributed by atoms with Gasteiger partial charge in [0.1, 0.15) is 0 Å². The lowest BCUT2D eigenvalue weighted by atomic mass is 10.1. The molecule has 0 bridgehead atoms. The van der Waals surface area contributed by atoms with Crippen molar-refractivity contribution in [1.29, 1.82) is 0 Å². The minimum atomic E-state index is 1.01. The molecule has 0 aliphatic rings. The topological polar surface area (TPSA) is 0 Å². The summed E-state index contributed by atoms with van der Waals surface area (Å²) in [6, 6.07) is 10.1. The fraction of sp³-hybridized carbons (Fsp3) is 0.0769. The van der Waals surface area contributed by atoms with Crippen molar-refractivity contribution in [2.75, 3.05) is 0 Å². The third-order valence-electron chi connectivity index (χ3n) is 1.78. The van der Waals surface area contributed by atoms with Gasteiger partial charge >= 0.3 is 0 Å². The highest BCUT2D eigenvalue weighted by Gasteiger charge is 1.93. The molecule has 0 saturated heterocycles. The second-order valence-corrected chi connectivity index (χ2v) is 3.84. The summed E-state index contributed by atoms with van der Waals surface area (Å²) in [7, 11) is 0. The third-order valence-corrected chi connectivity index (χ3v) is 2.28. The molecule has 0 N–H and O–H groups in total. The Morgan fingerprint density at radius 1 is 1.29 bits per heavy atom. The van der Waals surface area contributed by atoms with E-state index < -0.39 is 0 Å². The van der Waals surface area contributed by atoms with E-state index in [1.54, 1.807) is 0 Å². The first kappa shape index (κ1) is 11.0. The molecule has 0 radical (unpaired) electrons. The smallest absolute Gasteiger partial charge is 0.0177 e. The van der Waals surface area contributed by atoms with Gasteiger partial charge in [-0.15, -0.1) is 0 Å². The van der Waals surface area contributed by atoms with Crippen molar-refractivity contribution < 1.29 is 0 Å². The molecular weight excluding hydrogens is 236 g/mol. The lowest BCUT2D eigenvalue weighted by Crippen LogP contribution is -1.77. The van der Waals surface area contributed by atoms with Crippen molar-refractivity contribution in [2.45, 2.75) is 6.92 Å². The van der Waals surface area contributed by atoms with E-state index in [-0.39, 0.29) is 0 Å². The Labute approximate surface area is 93.8 Å². The van der Waals surface area contributed by atoms with Crippen LogP contribution in [0.25, 0.3) is 5.57 Å². The van der Waals surface area contributed by atoms with Crippen molar-refractivity contribution in [3.63, 3.8) is 0 Å². The Kier molecular flexibility index (Phi) is 4.41. The largest absolute Gasteiger partial charge is 0.0911 e. The van der Waals surface area contributed by atoms with Crippen molar-refractivity contribution in [1.82, 2.24) is 0 Å². The molecule has 0 heterocycles. The van der Waals surface area contributed by atoms with E-state index in [0.29, 0.717) is 0 Å². The average molecular weight is 249 g/mol. The van der Waals surface area contributed by atoms with Crippen LogP contribution in [0, 0.1) is 0 Å². The normalized spacial score (nSPS) is 12.0. The van der Waals surface area contributed by atoms with E-state index in [2.05, 4.69) is 34.6 Å². The molecule has 0 amide bonds. The summed E-state index contributed by atoms with van der Waals surface area (Å²) in [6.07, 6.45) is 5.99. The maximum Gasteiger partial charge on any atom is 0.0177 e. The number of hydrogen-bond acceptors (Lipinski definition) is 0. The monoisotopic (exact) mass is 248 g/mol. The molecule has 1 aromatic carbocycles. The molecule has 1 rings (SSSR count). The predicted molar refractivity (Wildman–Crippen MR) is 67.3 cm³/mol. The van der Waals surface area contributed by atoms with E-state index in [4.69, 9.17) is 0 Å². The molecule has 1 aromatic rings. The first-order valence-electron chi connectivity index (χ1n) is 4.48. The summed E-state index contributed by atoms with van der Waals surface area (Å²) in [4.78, 5) is 0. The average Bonchev–Trinajstić information content (AvgIpc) is 2.19. The zero-order valence-corrected chi connectivity index (χ0v) is 9.79. The molecule has 0 saturated carbocycles. The highest BCUT2D eigenvalue weighted by Crippen LogP contribution is 2.18. The summed E-state index contributed by atoms with van der Waals surface area (Å²) >= 11 is 3.45. The van der Waals surface area contributed by atoms with E-state index >= 15 is 0 Å². The Morgan fingerprint density at radius 2 is 1.93 bits per heavy atom. The Balaban J connectivity index is 2.83. The standard InChI is InChI=1S/C13H13Br/c1-3-7-13(14)10-11(2)12-8-5-4-6-9-12/h3-10H,2H2,1H3/b7-3-,13-10+. The molecule has 0 aromatic heterocycles. The summed E-state index contributed by atoms with van der Waals surface area (Å²) < 4.78 is 1.04. The number of allylic oxidation sites excluding steroid dienone is 5. The summed E-state index contributed by atoms with van der Waals surface area (Å²) in [5, 5.41) is 0. The summed E-state index contributed by atoms with van der Waals surface area (Å²) in [5.74, 6) is 0. The first-order chi connectivity index (χ1) is 6.74. The molecule has 0 aliphatic heterocycles. The van der Waals surface area contributed by atoms with Gasteiger partial charge in [0.25, 0.3) is 0 Å². The van der Waals surface area contributed by atoms with E-state index in [0.717, 1.165) is 15.6 Å². The van der Waals surface area contributed by atoms with Crippen LogP contribution in [0.1, 0.15) is 12.5 Å². The van der Waals surface area contributed by atoms with Gasteiger partial charge in [0.15, 0.2) is 0 Å². The Hall–Kier alpha value is -1.08. The summed E-state index contributed by atoms with van der Waals surface area (Å²) in [5.41, 5.74) is 2.16. The second-order valence-electron chi connectivity index (χ2n) is 2.92. The maximum absolute atomic E-state index is 4.01. The van der Waals surface area contributed by atoms with Gasteiger partial charge in [0.2, 0.25) is 0 Å². The second kappa shape index (κ2) is 5.61. The number of benzene rings is 1. The van der Waals surface area contributed by atoms with Gasteiger partial charge in [-0.05, 0) is 24.1 Å². The Morgan fingerprint density at radius 3 is 2.50 bits per heavy atom. The van der Waals surface area contributed by atoms with Gasteiger partial charge in [-0.2, -0.15) is 0 Å². The van der Waals surface area contributed by atoms with Crippen LogP contribution in [0.2, 0.25) is 0 Å². The fourth-order valence-electron chi connectivity index (χ4n) is 1.11. The van der Waals surface area contributed by atoms with Crippen LogP contribution in [0.3, 0.4) is 0 Å². The molecular formula is C13H13Br. The van der Waals surface area contributed by atoms with Crippen LogP contribution in [0.4, 0.5) is 0 Å². The maximum atomic E-state index is 4.01. The van der Waals surface area contributed by atoms with Gasteiger partial charge < -0.3 is 0 Å². The van der Waals surface area contributed by atoms with Gasteiger partial charge in [-0.3, -0.25) is 0 Å². The number of rotatable bonds is 3. The molecule has 0 atom stereocenters. The van der Waals surface area contributed by atoms with E-state index in [1.165, 1.54) is 0 Å². The highest BCUT2D eigenvalue weighted by molar-refractivity contribution is 9.11. The van der Waals surface area contributed by atoms with Crippen molar-refractivity contribution in [2.24, 2.45) is 0 Å². The van der Waals surface area contributed by atoms with Crippen molar-refractivity contribution in [3.8, 4) is 0 Å². The van der Waals surface area contributed by atoms with Crippen molar-refractivity contribution >= 4 is 21.5 Å². The zero-order chi connectivity index (χ0) is 10.4. The molecule has 1 heteroatoms. The van der Waals surface area contributed by atoms with E-state index in [9.17, 15) is 0 Å². The van der Waals surface area contributed by atoms with Gasteiger partial charge in [-0.1, -0.05) is 65.0 Å². The molecule has 0 unspecified atom stereocenters. The van der Waals surface area contributed by atoms with Crippen LogP contribution < -0.4 is 0 Å². The SMILES string of the molecule is C=C(/C=C(Br)\C=C/C)c1ccccc1.